The summed E-state index contributed by atoms with van der Waals surface area (Å²) in [7, 11) is 0. The van der Waals surface area contributed by atoms with Crippen LogP contribution in [0.2, 0.25) is 0 Å². The number of allylic oxidation sites excluding steroid dienone is 1. The van der Waals surface area contributed by atoms with Crippen LogP contribution in [-0.2, 0) is 0 Å². The largest absolute Gasteiger partial charge is 0.393 e. The molecule has 0 aliphatic heterocycles. The van der Waals surface area contributed by atoms with Gasteiger partial charge in [0.15, 0.2) is 0 Å². The van der Waals surface area contributed by atoms with E-state index in [2.05, 4.69) is 47.6 Å². The van der Waals surface area contributed by atoms with Crippen LogP contribution in [0.4, 0.5) is 0 Å². The van der Waals surface area contributed by atoms with Crippen molar-refractivity contribution in [2.45, 2.75) is 143 Å². The molecule has 0 saturated heterocycles. The molecule has 2 N–H and O–H groups in total. The topological polar surface area (TPSA) is 40.5 Å². The molecule has 2 heteroatoms. The molecule has 0 spiro atoms. The smallest absolute Gasteiger partial charge is 0.0682 e. The normalized spacial score (nSPS) is 47.3. The van der Waals surface area contributed by atoms with Crippen molar-refractivity contribution in [2.24, 2.45) is 51.8 Å². The van der Waals surface area contributed by atoms with Gasteiger partial charge < -0.3 is 10.2 Å². The predicted octanol–water partition coefficient (Wildman–Crippen LogP) is 8.31. The Morgan fingerprint density at radius 1 is 0.914 bits per heavy atom. The van der Waals surface area contributed by atoms with Crippen LogP contribution in [-0.4, -0.2) is 21.9 Å². The van der Waals surface area contributed by atoms with E-state index in [1.807, 2.05) is 0 Å². The minimum absolute atomic E-state index is 0.125. The predicted molar refractivity (Wildman–Crippen MR) is 146 cm³/mol. The van der Waals surface area contributed by atoms with Gasteiger partial charge in [-0.1, -0.05) is 53.2 Å². The molecule has 4 fully saturated rings. The van der Waals surface area contributed by atoms with Crippen LogP contribution in [0.25, 0.3) is 0 Å². The third-order valence-corrected chi connectivity index (χ3v) is 13.3. The summed E-state index contributed by atoms with van der Waals surface area (Å²) in [4.78, 5) is 0. The van der Waals surface area contributed by atoms with Gasteiger partial charge in [-0.2, -0.15) is 0 Å². The molecule has 5 aliphatic carbocycles. The molecule has 5 aliphatic rings. The molecule has 1 unspecified atom stereocenters. The zero-order valence-electron chi connectivity index (χ0n) is 23.9. The van der Waals surface area contributed by atoms with Gasteiger partial charge in [-0.05, 0) is 142 Å². The molecule has 0 radical (unpaired) electrons. The van der Waals surface area contributed by atoms with Crippen LogP contribution in [0.3, 0.4) is 0 Å². The van der Waals surface area contributed by atoms with Crippen molar-refractivity contribution in [3.8, 4) is 0 Å². The van der Waals surface area contributed by atoms with Gasteiger partial charge in [0.2, 0.25) is 0 Å². The maximum absolute atomic E-state index is 11.4. The Labute approximate surface area is 216 Å². The van der Waals surface area contributed by atoms with Crippen LogP contribution in [0, 0.1) is 51.8 Å². The first-order valence-electron chi connectivity index (χ1n) is 15.5. The quantitative estimate of drug-likeness (QED) is 0.385. The number of fused-ring (bicyclic) bond motifs is 5. The molecule has 5 rings (SSSR count). The van der Waals surface area contributed by atoms with Crippen molar-refractivity contribution < 1.29 is 10.2 Å². The average molecular weight is 485 g/mol. The van der Waals surface area contributed by atoms with Crippen LogP contribution >= 0.6 is 0 Å². The van der Waals surface area contributed by atoms with E-state index >= 15 is 0 Å². The van der Waals surface area contributed by atoms with Crippen molar-refractivity contribution >= 4 is 0 Å². The second-order valence-corrected chi connectivity index (χ2v) is 15.5. The van der Waals surface area contributed by atoms with E-state index in [-0.39, 0.29) is 6.10 Å². The number of aliphatic hydroxyl groups is 2. The fraction of sp³-hybridized carbons (Fsp3) is 0.939. The first-order chi connectivity index (χ1) is 16.4. The van der Waals surface area contributed by atoms with Crippen molar-refractivity contribution in [3.63, 3.8) is 0 Å². The van der Waals surface area contributed by atoms with Crippen molar-refractivity contribution in [3.05, 3.63) is 11.6 Å². The van der Waals surface area contributed by atoms with Gasteiger partial charge >= 0.3 is 0 Å². The molecule has 0 aromatic rings. The molecule has 0 aromatic carbocycles. The number of hydrogen-bond donors (Lipinski definition) is 2. The average Bonchev–Trinajstić information content (AvgIpc) is 3.17. The summed E-state index contributed by atoms with van der Waals surface area (Å²) < 4.78 is 0. The summed E-state index contributed by atoms with van der Waals surface area (Å²) in [5, 5.41) is 22.5. The Hall–Kier alpha value is -0.340. The standard InChI is InChI=1S/C33H56O2/c1-7-33(35)19-18-31(5)24(21-33)8-9-25-27-11-10-26(32(27,6)17-14-28(25)31)22(2)29(34)20-23-12-15-30(3,4)16-13-23/h8,22-23,25-29,34-35H,7,9-21H2,1-6H3/t22-,25-,26+,27-,28-,29?,31-,32+,33-/m0/s1. The first-order valence-corrected chi connectivity index (χ1v) is 15.5. The number of rotatable bonds is 5. The summed E-state index contributed by atoms with van der Waals surface area (Å²) in [5.41, 5.74) is 2.35. The molecule has 2 nitrogen and oxygen atoms in total. The lowest BCUT2D eigenvalue weighted by Gasteiger charge is -2.59. The third kappa shape index (κ3) is 4.49. The Kier molecular flexibility index (Phi) is 6.86. The highest BCUT2D eigenvalue weighted by atomic mass is 16.3. The van der Waals surface area contributed by atoms with Gasteiger partial charge in [-0.15, -0.1) is 0 Å². The highest BCUT2D eigenvalue weighted by Gasteiger charge is 2.60. The van der Waals surface area contributed by atoms with Crippen molar-refractivity contribution in [1.82, 2.24) is 0 Å². The molecule has 9 atom stereocenters. The summed E-state index contributed by atoms with van der Waals surface area (Å²) >= 11 is 0. The summed E-state index contributed by atoms with van der Waals surface area (Å²) in [5.74, 6) is 4.26. The second kappa shape index (κ2) is 9.14. The monoisotopic (exact) mass is 484 g/mol. The number of aliphatic hydroxyl groups excluding tert-OH is 1. The van der Waals surface area contributed by atoms with Gasteiger partial charge in [0.05, 0.1) is 11.7 Å². The van der Waals surface area contributed by atoms with Gasteiger partial charge in [0.25, 0.3) is 0 Å². The molecule has 35 heavy (non-hydrogen) atoms. The van der Waals surface area contributed by atoms with E-state index in [0.717, 1.165) is 49.4 Å². The van der Waals surface area contributed by atoms with E-state index in [1.165, 1.54) is 64.2 Å². The molecular weight excluding hydrogens is 428 g/mol. The second-order valence-electron chi connectivity index (χ2n) is 15.5. The molecule has 200 valence electrons. The summed E-state index contributed by atoms with van der Waals surface area (Å²) in [6.07, 6.45) is 19.3. The van der Waals surface area contributed by atoms with Gasteiger partial charge in [-0.3, -0.25) is 0 Å². The fourth-order valence-electron chi connectivity index (χ4n) is 10.4. The highest BCUT2D eigenvalue weighted by Crippen LogP contribution is 2.68. The van der Waals surface area contributed by atoms with Crippen molar-refractivity contribution in [1.29, 1.82) is 0 Å². The third-order valence-electron chi connectivity index (χ3n) is 13.3. The minimum Gasteiger partial charge on any atom is -0.393 e. The van der Waals surface area contributed by atoms with E-state index in [9.17, 15) is 10.2 Å². The van der Waals surface area contributed by atoms with E-state index in [1.54, 1.807) is 5.57 Å². The molecule has 4 saturated carbocycles. The molecule has 0 amide bonds. The van der Waals surface area contributed by atoms with Crippen LogP contribution in [0.1, 0.15) is 131 Å². The zero-order valence-corrected chi connectivity index (χ0v) is 23.9. The lowest BCUT2D eigenvalue weighted by molar-refractivity contribution is -0.0827. The lowest BCUT2D eigenvalue weighted by Crippen LogP contribution is -2.52. The van der Waals surface area contributed by atoms with E-state index in [4.69, 9.17) is 0 Å². The fourth-order valence-corrected chi connectivity index (χ4v) is 10.4. The first kappa shape index (κ1) is 26.3. The molecular formula is C33H56O2. The maximum atomic E-state index is 11.4. The highest BCUT2D eigenvalue weighted by molar-refractivity contribution is 5.27. The van der Waals surface area contributed by atoms with E-state index < -0.39 is 5.60 Å². The lowest BCUT2D eigenvalue weighted by atomic mass is 9.46. The Bertz CT molecular complexity index is 804. The van der Waals surface area contributed by atoms with Crippen LogP contribution in [0.15, 0.2) is 11.6 Å². The van der Waals surface area contributed by atoms with Crippen LogP contribution < -0.4 is 0 Å². The van der Waals surface area contributed by atoms with Gasteiger partial charge in [0.1, 0.15) is 0 Å². The maximum Gasteiger partial charge on any atom is 0.0682 e. The van der Waals surface area contributed by atoms with Crippen molar-refractivity contribution in [2.75, 3.05) is 0 Å². The zero-order chi connectivity index (χ0) is 25.2. The van der Waals surface area contributed by atoms with Crippen LogP contribution in [0.5, 0.6) is 0 Å². The minimum atomic E-state index is -0.459. The van der Waals surface area contributed by atoms with E-state index in [0.29, 0.717) is 28.1 Å². The molecule has 0 aromatic heterocycles. The molecule has 0 bridgehead atoms. The Morgan fingerprint density at radius 3 is 2.31 bits per heavy atom. The SMILES string of the molecule is CC[C@]1(O)CC[C@@]2(C)C(=CC[C@H]3[C@@H]4CC[C@H]([C@H](C)C(O)CC5CCC(C)(C)CC5)[C@@]4(C)CC[C@@H]32)C1. The number of hydrogen-bond acceptors (Lipinski definition) is 2. The Morgan fingerprint density at radius 2 is 1.63 bits per heavy atom. The summed E-state index contributed by atoms with van der Waals surface area (Å²) in [6.45, 7) is 14.6. The Balaban J connectivity index is 1.27. The van der Waals surface area contributed by atoms with Gasteiger partial charge in [-0.25, -0.2) is 0 Å². The van der Waals surface area contributed by atoms with Gasteiger partial charge in [0, 0.05) is 0 Å². The molecule has 0 heterocycles. The summed E-state index contributed by atoms with van der Waals surface area (Å²) in [6, 6.07) is 0.